The van der Waals surface area contributed by atoms with Crippen LogP contribution < -0.4 is 0 Å². The summed E-state index contributed by atoms with van der Waals surface area (Å²) in [4.78, 5) is 32.9. The van der Waals surface area contributed by atoms with Gasteiger partial charge in [-0.15, -0.1) is 0 Å². The number of piperazine rings is 1. The molecule has 4 aromatic rings. The summed E-state index contributed by atoms with van der Waals surface area (Å²) in [6.45, 7) is 3.78. The van der Waals surface area contributed by atoms with Crippen molar-refractivity contribution in [2.75, 3.05) is 26.2 Å². The molecule has 188 valence electrons. The van der Waals surface area contributed by atoms with E-state index in [1.54, 1.807) is 12.1 Å². The van der Waals surface area contributed by atoms with Crippen LogP contribution in [0.4, 0.5) is 5.69 Å². The zero-order valence-corrected chi connectivity index (χ0v) is 20.6. The van der Waals surface area contributed by atoms with Gasteiger partial charge in [0.2, 0.25) is 5.91 Å². The maximum Gasteiger partial charge on any atom is 0.269 e. The van der Waals surface area contributed by atoms with Crippen molar-refractivity contribution in [3.05, 3.63) is 88.7 Å². The number of hydrogen-bond donors (Lipinski definition) is 0. The highest BCUT2D eigenvalue weighted by Crippen LogP contribution is 2.31. The number of fused-ring (bicyclic) bond motifs is 1. The predicted molar refractivity (Wildman–Crippen MR) is 142 cm³/mol. The highest BCUT2D eigenvalue weighted by atomic mass is 16.6. The molecule has 1 saturated carbocycles. The summed E-state index contributed by atoms with van der Waals surface area (Å²) < 4.78 is 2.14. The van der Waals surface area contributed by atoms with Crippen molar-refractivity contribution in [1.82, 2.24) is 19.2 Å². The van der Waals surface area contributed by atoms with Crippen molar-refractivity contribution in [1.29, 1.82) is 0 Å². The number of imidazole rings is 1. The summed E-state index contributed by atoms with van der Waals surface area (Å²) in [5.74, 6) is 0.551. The minimum atomic E-state index is -0.384. The normalized spacial score (nSPS) is 16.6. The van der Waals surface area contributed by atoms with E-state index in [0.717, 1.165) is 72.7 Å². The molecular formula is C29H29N5O3. The average Bonchev–Trinajstić information content (AvgIpc) is 3.26. The van der Waals surface area contributed by atoms with E-state index in [0.29, 0.717) is 12.5 Å². The number of nitrogens with zero attached hydrogens (tertiary/aromatic N) is 5. The topological polar surface area (TPSA) is 84.0 Å². The van der Waals surface area contributed by atoms with Crippen LogP contribution in [0, 0.1) is 16.0 Å². The maximum atomic E-state index is 12.7. The first-order chi connectivity index (χ1) is 18.1. The van der Waals surface area contributed by atoms with Crippen molar-refractivity contribution in [2.45, 2.75) is 25.8 Å². The van der Waals surface area contributed by atoms with E-state index in [2.05, 4.69) is 33.7 Å². The van der Waals surface area contributed by atoms with Gasteiger partial charge in [-0.1, -0.05) is 36.8 Å². The fraction of sp³-hybridized carbons (Fsp3) is 0.310. The fourth-order valence-electron chi connectivity index (χ4n) is 5.27. The Morgan fingerprint density at radius 3 is 2.24 bits per heavy atom. The zero-order chi connectivity index (χ0) is 25.4. The van der Waals surface area contributed by atoms with Crippen molar-refractivity contribution in [3.63, 3.8) is 0 Å². The number of benzene rings is 2. The van der Waals surface area contributed by atoms with Gasteiger partial charge in [0, 0.05) is 62.5 Å². The summed E-state index contributed by atoms with van der Waals surface area (Å²) in [6.07, 6.45) is 5.35. The molecule has 0 atom stereocenters. The standard InChI is InChI=1S/C29H29N5O3/c35-29(23-7-4-8-23)32-17-15-31(16-18-32)20-26-28(22-9-12-25(13-10-22)34(36)37)30-27-14-11-24(19-33(26)27)21-5-2-1-3-6-21/h1-3,5-6,9-14,19,23H,4,7-8,15-18,20H2. The van der Waals surface area contributed by atoms with E-state index >= 15 is 0 Å². The van der Waals surface area contributed by atoms with E-state index in [1.807, 2.05) is 29.2 Å². The van der Waals surface area contributed by atoms with Gasteiger partial charge in [-0.05, 0) is 48.2 Å². The molecule has 2 aromatic heterocycles. The third-order valence-electron chi connectivity index (χ3n) is 7.69. The number of carbonyl (C=O) groups is 1. The maximum absolute atomic E-state index is 12.7. The molecule has 8 heteroatoms. The molecule has 3 heterocycles. The summed E-state index contributed by atoms with van der Waals surface area (Å²) in [6, 6.07) is 21.0. The van der Waals surface area contributed by atoms with E-state index in [1.165, 1.54) is 18.6 Å². The number of non-ortho nitro benzene ring substituents is 1. The Hall–Kier alpha value is -4.04. The van der Waals surface area contributed by atoms with E-state index in [4.69, 9.17) is 4.98 Å². The monoisotopic (exact) mass is 495 g/mol. The van der Waals surface area contributed by atoms with Crippen LogP contribution in [-0.2, 0) is 11.3 Å². The molecule has 0 N–H and O–H groups in total. The second kappa shape index (κ2) is 9.78. The van der Waals surface area contributed by atoms with Crippen LogP contribution in [0.15, 0.2) is 72.9 Å². The molecule has 2 fully saturated rings. The molecule has 1 aliphatic carbocycles. The number of amides is 1. The number of rotatable bonds is 6. The number of nitro groups is 1. The number of nitro benzene ring substituents is 1. The van der Waals surface area contributed by atoms with Gasteiger partial charge in [0.1, 0.15) is 5.65 Å². The minimum Gasteiger partial charge on any atom is -0.340 e. The van der Waals surface area contributed by atoms with Gasteiger partial charge < -0.3 is 9.30 Å². The van der Waals surface area contributed by atoms with Crippen LogP contribution in [0.2, 0.25) is 0 Å². The zero-order valence-electron chi connectivity index (χ0n) is 20.6. The third kappa shape index (κ3) is 4.60. The molecule has 2 aromatic carbocycles. The molecule has 0 bridgehead atoms. The van der Waals surface area contributed by atoms with E-state index < -0.39 is 0 Å². The molecule has 1 amide bonds. The van der Waals surface area contributed by atoms with Crippen molar-refractivity contribution < 1.29 is 9.72 Å². The lowest BCUT2D eigenvalue weighted by Gasteiger charge is -2.38. The second-order valence-electron chi connectivity index (χ2n) is 9.95. The van der Waals surface area contributed by atoms with Gasteiger partial charge in [-0.3, -0.25) is 19.8 Å². The smallest absolute Gasteiger partial charge is 0.269 e. The van der Waals surface area contributed by atoms with Crippen LogP contribution in [0.25, 0.3) is 28.0 Å². The van der Waals surface area contributed by atoms with Gasteiger partial charge in [0.05, 0.1) is 16.3 Å². The SMILES string of the molecule is O=C(C1CCC1)N1CCN(Cc2c(-c3ccc([N+](=O)[O-])cc3)nc3ccc(-c4ccccc4)cn23)CC1. The van der Waals surface area contributed by atoms with Crippen LogP contribution in [0.1, 0.15) is 25.0 Å². The molecular weight excluding hydrogens is 466 g/mol. The Bertz CT molecular complexity index is 1440. The number of pyridine rings is 1. The van der Waals surface area contributed by atoms with Gasteiger partial charge >= 0.3 is 0 Å². The Morgan fingerprint density at radius 2 is 1.59 bits per heavy atom. The fourth-order valence-corrected chi connectivity index (χ4v) is 5.27. The lowest BCUT2D eigenvalue weighted by molar-refractivity contribution is -0.384. The third-order valence-corrected chi connectivity index (χ3v) is 7.69. The van der Waals surface area contributed by atoms with Crippen LogP contribution in [0.5, 0.6) is 0 Å². The van der Waals surface area contributed by atoms with E-state index in [-0.39, 0.29) is 16.5 Å². The highest BCUT2D eigenvalue weighted by Gasteiger charge is 2.31. The second-order valence-corrected chi connectivity index (χ2v) is 9.95. The van der Waals surface area contributed by atoms with E-state index in [9.17, 15) is 14.9 Å². The Morgan fingerprint density at radius 1 is 0.892 bits per heavy atom. The Kier molecular flexibility index (Phi) is 6.18. The van der Waals surface area contributed by atoms with Crippen LogP contribution >= 0.6 is 0 Å². The predicted octanol–water partition coefficient (Wildman–Crippen LogP) is 5.02. The van der Waals surface area contributed by atoms with Crippen molar-refractivity contribution in [2.24, 2.45) is 5.92 Å². The van der Waals surface area contributed by atoms with Gasteiger partial charge in [0.25, 0.3) is 5.69 Å². The summed E-state index contributed by atoms with van der Waals surface area (Å²) in [5, 5.41) is 11.2. The summed E-state index contributed by atoms with van der Waals surface area (Å²) >= 11 is 0. The highest BCUT2D eigenvalue weighted by molar-refractivity contribution is 5.79. The molecule has 0 unspecified atom stereocenters. The lowest BCUT2D eigenvalue weighted by Crippen LogP contribution is -2.50. The Labute approximate surface area is 215 Å². The summed E-state index contributed by atoms with van der Waals surface area (Å²) in [5.41, 5.74) is 5.84. The van der Waals surface area contributed by atoms with Crippen molar-refractivity contribution in [3.8, 4) is 22.4 Å². The van der Waals surface area contributed by atoms with Gasteiger partial charge in [0.15, 0.2) is 0 Å². The molecule has 0 spiro atoms. The molecule has 2 aliphatic rings. The summed E-state index contributed by atoms with van der Waals surface area (Å²) in [7, 11) is 0. The molecule has 0 radical (unpaired) electrons. The minimum absolute atomic E-state index is 0.0627. The molecule has 1 aliphatic heterocycles. The molecule has 37 heavy (non-hydrogen) atoms. The Balaban J connectivity index is 1.33. The molecule has 8 nitrogen and oxygen atoms in total. The first kappa shape index (κ1) is 23.4. The lowest BCUT2D eigenvalue weighted by atomic mass is 9.84. The largest absolute Gasteiger partial charge is 0.340 e. The van der Waals surface area contributed by atoms with Crippen LogP contribution in [0.3, 0.4) is 0 Å². The number of aromatic nitrogens is 2. The quantitative estimate of drug-likeness (QED) is 0.277. The molecule has 1 saturated heterocycles. The first-order valence-corrected chi connectivity index (χ1v) is 12.9. The molecule has 6 rings (SSSR count). The van der Waals surface area contributed by atoms with Crippen molar-refractivity contribution >= 4 is 17.2 Å². The van der Waals surface area contributed by atoms with Gasteiger partial charge in [-0.25, -0.2) is 4.98 Å². The number of hydrogen-bond acceptors (Lipinski definition) is 5. The van der Waals surface area contributed by atoms with Gasteiger partial charge in [-0.2, -0.15) is 0 Å². The van der Waals surface area contributed by atoms with Crippen LogP contribution in [-0.4, -0.2) is 56.2 Å². The first-order valence-electron chi connectivity index (χ1n) is 12.9. The average molecular weight is 496 g/mol. The number of carbonyl (C=O) groups excluding carboxylic acids is 1.